The Labute approximate surface area is 165 Å². The number of benzene rings is 2. The first-order valence-electron chi connectivity index (χ1n) is 7.89. The number of nitrogens with two attached hydrogens (primary N) is 1. The molecule has 0 spiro atoms. The van der Waals surface area contributed by atoms with Gasteiger partial charge in [-0.05, 0) is 37.3 Å². The molecule has 1 heterocycles. The Morgan fingerprint density at radius 3 is 2.61 bits per heavy atom. The summed E-state index contributed by atoms with van der Waals surface area (Å²) in [6, 6.07) is 8.16. The van der Waals surface area contributed by atoms with Crippen LogP contribution in [-0.2, 0) is 19.6 Å². The van der Waals surface area contributed by atoms with E-state index in [1.165, 1.54) is 13.0 Å². The van der Waals surface area contributed by atoms with Crippen LogP contribution in [0.2, 0.25) is 5.02 Å². The number of ether oxygens (including phenoxy) is 3. The predicted molar refractivity (Wildman–Crippen MR) is 98.9 cm³/mol. The molecule has 148 valence electrons. The number of amides is 1. The fourth-order valence-corrected chi connectivity index (χ4v) is 3.07. The zero-order chi connectivity index (χ0) is 20.5. The van der Waals surface area contributed by atoms with Crippen LogP contribution in [0.15, 0.2) is 41.3 Å². The lowest BCUT2D eigenvalue weighted by atomic mass is 10.2. The van der Waals surface area contributed by atoms with E-state index >= 15 is 0 Å². The van der Waals surface area contributed by atoms with Crippen molar-refractivity contribution >= 4 is 39.2 Å². The molecular formula is C17H15ClN2O7S. The summed E-state index contributed by atoms with van der Waals surface area (Å²) in [5.41, 5.74) is 0.197. The minimum atomic E-state index is -4.03. The normalized spacial score (nSPS) is 13.7. The molecule has 3 N–H and O–H groups in total. The van der Waals surface area contributed by atoms with Gasteiger partial charge in [0.05, 0.1) is 15.5 Å². The minimum Gasteiger partial charge on any atom is -0.454 e. The molecule has 28 heavy (non-hydrogen) atoms. The van der Waals surface area contributed by atoms with Crippen molar-refractivity contribution in [3.63, 3.8) is 0 Å². The van der Waals surface area contributed by atoms with E-state index in [0.29, 0.717) is 17.2 Å². The molecular weight excluding hydrogens is 412 g/mol. The number of sulfonamides is 1. The Hall–Kier alpha value is -2.82. The molecule has 0 bridgehead atoms. The first kappa shape index (κ1) is 19.9. The van der Waals surface area contributed by atoms with Crippen LogP contribution in [-0.4, -0.2) is 33.2 Å². The van der Waals surface area contributed by atoms with Crippen LogP contribution in [0.25, 0.3) is 0 Å². The molecule has 0 aromatic heterocycles. The van der Waals surface area contributed by atoms with Crippen molar-refractivity contribution in [2.45, 2.75) is 17.9 Å². The molecule has 0 radical (unpaired) electrons. The van der Waals surface area contributed by atoms with Gasteiger partial charge in [-0.3, -0.25) is 4.79 Å². The summed E-state index contributed by atoms with van der Waals surface area (Å²) in [5, 5.41) is 7.58. The molecule has 1 aliphatic rings. The summed E-state index contributed by atoms with van der Waals surface area (Å²) in [6.07, 6.45) is -1.19. The van der Waals surface area contributed by atoms with E-state index in [4.69, 9.17) is 31.0 Å². The number of halogens is 1. The molecule has 2 aromatic rings. The average Bonchev–Trinajstić information content (AvgIpc) is 3.08. The zero-order valence-corrected chi connectivity index (χ0v) is 16.0. The fourth-order valence-electron chi connectivity index (χ4n) is 2.33. The molecule has 1 amide bonds. The van der Waals surface area contributed by atoms with Crippen LogP contribution in [0.3, 0.4) is 0 Å². The number of fused-ring (bicyclic) bond motifs is 1. The largest absolute Gasteiger partial charge is 0.454 e. The van der Waals surface area contributed by atoms with Gasteiger partial charge in [0.2, 0.25) is 16.8 Å². The Morgan fingerprint density at radius 1 is 1.18 bits per heavy atom. The van der Waals surface area contributed by atoms with Gasteiger partial charge in [0.1, 0.15) is 0 Å². The second-order valence-electron chi connectivity index (χ2n) is 5.79. The van der Waals surface area contributed by atoms with Gasteiger partial charge in [-0.2, -0.15) is 0 Å². The molecule has 1 unspecified atom stereocenters. The van der Waals surface area contributed by atoms with E-state index in [0.717, 1.165) is 12.1 Å². The number of esters is 1. The lowest BCUT2D eigenvalue weighted by Crippen LogP contribution is -2.30. The Kier molecular flexibility index (Phi) is 5.45. The smallest absolute Gasteiger partial charge is 0.340 e. The van der Waals surface area contributed by atoms with E-state index in [-0.39, 0.29) is 22.3 Å². The lowest BCUT2D eigenvalue weighted by molar-refractivity contribution is -0.123. The van der Waals surface area contributed by atoms with E-state index in [9.17, 15) is 18.0 Å². The third-order valence-corrected chi connectivity index (χ3v) is 5.02. The molecule has 11 heteroatoms. The van der Waals surface area contributed by atoms with Gasteiger partial charge in [-0.15, -0.1) is 0 Å². The van der Waals surface area contributed by atoms with Crippen molar-refractivity contribution in [1.82, 2.24) is 0 Å². The second-order valence-corrected chi connectivity index (χ2v) is 7.76. The highest BCUT2D eigenvalue weighted by atomic mass is 35.5. The predicted octanol–water partition coefficient (Wildman–Crippen LogP) is 1.90. The lowest BCUT2D eigenvalue weighted by Gasteiger charge is -2.14. The maximum atomic E-state index is 12.3. The van der Waals surface area contributed by atoms with Gasteiger partial charge in [-0.1, -0.05) is 11.6 Å². The summed E-state index contributed by atoms with van der Waals surface area (Å²) < 4.78 is 38.4. The Bertz CT molecular complexity index is 1060. The highest BCUT2D eigenvalue weighted by Gasteiger charge is 2.23. The third-order valence-electron chi connectivity index (χ3n) is 3.78. The van der Waals surface area contributed by atoms with Crippen LogP contribution in [0.1, 0.15) is 17.3 Å². The van der Waals surface area contributed by atoms with E-state index in [1.54, 1.807) is 18.2 Å². The Morgan fingerprint density at radius 2 is 1.89 bits per heavy atom. The summed E-state index contributed by atoms with van der Waals surface area (Å²) in [7, 11) is -4.03. The maximum absolute atomic E-state index is 12.3. The maximum Gasteiger partial charge on any atom is 0.340 e. The van der Waals surface area contributed by atoms with Gasteiger partial charge in [0, 0.05) is 11.8 Å². The monoisotopic (exact) mass is 426 g/mol. The summed E-state index contributed by atoms with van der Waals surface area (Å²) >= 11 is 5.93. The van der Waals surface area contributed by atoms with Crippen molar-refractivity contribution in [1.29, 1.82) is 0 Å². The molecule has 9 nitrogen and oxygen atoms in total. The van der Waals surface area contributed by atoms with E-state index in [1.807, 2.05) is 0 Å². The number of primary sulfonamides is 1. The zero-order valence-electron chi connectivity index (χ0n) is 14.5. The molecule has 0 saturated heterocycles. The van der Waals surface area contributed by atoms with Gasteiger partial charge < -0.3 is 19.5 Å². The SMILES string of the molecule is CC(OC(=O)c1cc(S(N)(=O)=O)ccc1Cl)C(=O)Nc1ccc2c(c1)OCO2. The fraction of sp³-hybridized carbons (Fsp3) is 0.176. The molecule has 1 aliphatic heterocycles. The van der Waals surface area contributed by atoms with Gasteiger partial charge in [0.25, 0.3) is 5.91 Å². The summed E-state index contributed by atoms with van der Waals surface area (Å²) in [6.45, 7) is 1.46. The van der Waals surface area contributed by atoms with Crippen molar-refractivity contribution in [3.05, 3.63) is 47.0 Å². The van der Waals surface area contributed by atoms with Crippen LogP contribution in [0.5, 0.6) is 11.5 Å². The average molecular weight is 427 g/mol. The summed E-state index contributed by atoms with van der Waals surface area (Å²) in [5.74, 6) is -0.536. The molecule has 0 aliphatic carbocycles. The van der Waals surface area contributed by atoms with Crippen molar-refractivity contribution in [2.75, 3.05) is 12.1 Å². The molecule has 3 rings (SSSR count). The number of carbonyl (C=O) groups is 2. The quantitative estimate of drug-likeness (QED) is 0.697. The number of rotatable bonds is 5. The standard InChI is InChI=1S/C17H15ClN2O7S/c1-9(16(21)20-10-2-5-14-15(6-10)26-8-25-14)27-17(22)12-7-11(28(19,23)24)3-4-13(12)18/h2-7,9H,8H2,1H3,(H,20,21)(H2,19,23,24). The number of nitrogens with one attached hydrogen (secondary N) is 1. The number of carbonyl (C=O) groups excluding carboxylic acids is 2. The highest BCUT2D eigenvalue weighted by molar-refractivity contribution is 7.89. The second kappa shape index (κ2) is 7.66. The molecule has 2 aromatic carbocycles. The molecule has 0 saturated carbocycles. The number of hydrogen-bond acceptors (Lipinski definition) is 7. The van der Waals surface area contributed by atoms with Crippen LogP contribution >= 0.6 is 11.6 Å². The van der Waals surface area contributed by atoms with Gasteiger partial charge >= 0.3 is 5.97 Å². The Balaban J connectivity index is 1.69. The van der Waals surface area contributed by atoms with E-state index < -0.39 is 28.0 Å². The van der Waals surface area contributed by atoms with Gasteiger partial charge in [-0.25, -0.2) is 18.4 Å². The summed E-state index contributed by atoms with van der Waals surface area (Å²) in [4.78, 5) is 24.3. The first-order valence-corrected chi connectivity index (χ1v) is 9.81. The van der Waals surface area contributed by atoms with Crippen molar-refractivity contribution < 1.29 is 32.2 Å². The van der Waals surface area contributed by atoms with Crippen molar-refractivity contribution in [3.8, 4) is 11.5 Å². The van der Waals surface area contributed by atoms with Crippen LogP contribution in [0, 0.1) is 0 Å². The van der Waals surface area contributed by atoms with Gasteiger partial charge in [0.15, 0.2) is 17.6 Å². The third kappa shape index (κ3) is 4.35. The molecule has 0 fully saturated rings. The first-order chi connectivity index (χ1) is 13.1. The van der Waals surface area contributed by atoms with Crippen LogP contribution in [0.4, 0.5) is 5.69 Å². The van der Waals surface area contributed by atoms with Crippen LogP contribution < -0.4 is 19.9 Å². The molecule has 1 atom stereocenters. The highest BCUT2D eigenvalue weighted by Crippen LogP contribution is 2.34. The number of anilines is 1. The van der Waals surface area contributed by atoms with Crippen molar-refractivity contribution in [2.24, 2.45) is 5.14 Å². The topological polar surface area (TPSA) is 134 Å². The van der Waals surface area contributed by atoms with E-state index in [2.05, 4.69) is 5.32 Å². The number of hydrogen-bond donors (Lipinski definition) is 2. The minimum absolute atomic E-state index is 0.0409.